The number of hydrogen-bond acceptors (Lipinski definition) is 2. The van der Waals surface area contributed by atoms with Crippen molar-refractivity contribution in [2.45, 2.75) is 23.2 Å². The molecule has 2 heteroatoms. The fourth-order valence-corrected chi connectivity index (χ4v) is 4.48. The van der Waals surface area contributed by atoms with Crippen molar-refractivity contribution >= 4 is 17.5 Å². The molecule has 0 bridgehead atoms. The average Bonchev–Trinajstić information content (AvgIpc) is 3.20. The summed E-state index contributed by atoms with van der Waals surface area (Å²) in [6.45, 7) is 0. The Bertz CT molecular complexity index is 649. The highest BCUT2D eigenvalue weighted by Gasteiger charge is 2.47. The van der Waals surface area contributed by atoms with E-state index >= 15 is 0 Å². The molecule has 0 spiro atoms. The number of rotatable bonds is 3. The molecule has 3 atom stereocenters. The van der Waals surface area contributed by atoms with Crippen molar-refractivity contribution in [3.8, 4) is 0 Å². The van der Waals surface area contributed by atoms with Crippen LogP contribution in [-0.2, 0) is 4.79 Å². The summed E-state index contributed by atoms with van der Waals surface area (Å²) in [4.78, 5) is 14.0. The first kappa shape index (κ1) is 12.2. The normalized spacial score (nSPS) is 27.1. The summed E-state index contributed by atoms with van der Waals surface area (Å²) in [5.41, 5.74) is 2.57. The van der Waals surface area contributed by atoms with Crippen LogP contribution in [0.2, 0.25) is 0 Å². The van der Waals surface area contributed by atoms with Gasteiger partial charge in [0.05, 0.1) is 5.92 Å². The third-order valence-electron chi connectivity index (χ3n) is 4.43. The molecule has 1 fully saturated rings. The van der Waals surface area contributed by atoms with Crippen LogP contribution in [0.1, 0.15) is 29.4 Å². The molecular weight excluding hydrogens is 264 g/mol. The minimum absolute atomic E-state index is 0.120. The van der Waals surface area contributed by atoms with E-state index in [1.54, 1.807) is 0 Å². The van der Waals surface area contributed by atoms with Gasteiger partial charge < -0.3 is 0 Å². The zero-order valence-electron chi connectivity index (χ0n) is 11.2. The van der Waals surface area contributed by atoms with Crippen molar-refractivity contribution in [1.82, 2.24) is 0 Å². The summed E-state index contributed by atoms with van der Waals surface area (Å²) in [6.07, 6.45) is 1.03. The lowest BCUT2D eigenvalue weighted by Gasteiger charge is -2.09. The molecule has 0 N–H and O–H groups in total. The number of hydrogen-bond donors (Lipinski definition) is 0. The monoisotopic (exact) mass is 280 g/mol. The first-order chi connectivity index (χ1) is 9.84. The summed E-state index contributed by atoms with van der Waals surface area (Å²) in [5, 5.41) is 0. The third-order valence-corrected chi connectivity index (χ3v) is 5.61. The Balaban J connectivity index is 1.53. The number of thioether (sulfide) groups is 1. The summed E-state index contributed by atoms with van der Waals surface area (Å²) < 4.78 is 0. The Kier molecular flexibility index (Phi) is 2.92. The Labute approximate surface area is 123 Å². The van der Waals surface area contributed by atoms with Crippen molar-refractivity contribution in [1.29, 1.82) is 0 Å². The molecule has 100 valence electrons. The van der Waals surface area contributed by atoms with Crippen molar-refractivity contribution in [3.05, 3.63) is 65.7 Å². The van der Waals surface area contributed by atoms with Gasteiger partial charge in [-0.25, -0.2) is 0 Å². The molecule has 3 unspecified atom stereocenters. The fourth-order valence-electron chi connectivity index (χ4n) is 3.23. The molecule has 2 aromatic rings. The Morgan fingerprint density at radius 3 is 2.60 bits per heavy atom. The van der Waals surface area contributed by atoms with Gasteiger partial charge in [-0.15, -0.1) is 11.8 Å². The maximum absolute atomic E-state index is 12.7. The van der Waals surface area contributed by atoms with Crippen molar-refractivity contribution in [3.63, 3.8) is 0 Å². The summed E-state index contributed by atoms with van der Waals surface area (Å²) in [5.74, 6) is 2.21. The molecule has 2 aliphatic rings. The molecule has 1 aliphatic heterocycles. The Morgan fingerprint density at radius 2 is 1.75 bits per heavy atom. The number of benzene rings is 2. The van der Waals surface area contributed by atoms with Gasteiger partial charge in [0.25, 0.3) is 0 Å². The van der Waals surface area contributed by atoms with E-state index in [0.717, 1.165) is 12.2 Å². The predicted octanol–water partition coefficient (Wildman–Crippen LogP) is 4.25. The van der Waals surface area contributed by atoms with Crippen LogP contribution in [0.25, 0.3) is 0 Å². The summed E-state index contributed by atoms with van der Waals surface area (Å²) in [7, 11) is 0. The average molecular weight is 280 g/mol. The maximum Gasteiger partial charge on any atom is 0.144 e. The summed E-state index contributed by atoms with van der Waals surface area (Å²) in [6, 6.07) is 18.8. The SMILES string of the molecule is O=C(C1CSc2ccccc21)C1CC1c1ccccc1. The van der Waals surface area contributed by atoms with E-state index in [-0.39, 0.29) is 11.8 Å². The van der Waals surface area contributed by atoms with Gasteiger partial charge in [0.1, 0.15) is 5.78 Å². The van der Waals surface area contributed by atoms with E-state index in [1.165, 1.54) is 16.0 Å². The van der Waals surface area contributed by atoms with Crippen molar-refractivity contribution in [2.24, 2.45) is 5.92 Å². The minimum Gasteiger partial charge on any atom is -0.299 e. The predicted molar refractivity (Wildman–Crippen MR) is 82.2 cm³/mol. The van der Waals surface area contributed by atoms with E-state index in [2.05, 4.69) is 42.5 Å². The summed E-state index contributed by atoms with van der Waals surface area (Å²) >= 11 is 1.83. The van der Waals surface area contributed by atoms with Crippen LogP contribution >= 0.6 is 11.8 Å². The Morgan fingerprint density at radius 1 is 1.00 bits per heavy atom. The molecule has 4 rings (SSSR count). The zero-order chi connectivity index (χ0) is 13.5. The molecule has 1 heterocycles. The van der Waals surface area contributed by atoms with E-state index in [1.807, 2.05) is 23.9 Å². The second kappa shape index (κ2) is 4.78. The molecule has 1 aliphatic carbocycles. The lowest BCUT2D eigenvalue weighted by Crippen LogP contribution is -2.14. The molecule has 2 aromatic carbocycles. The van der Waals surface area contributed by atoms with Gasteiger partial charge in [0, 0.05) is 16.6 Å². The largest absolute Gasteiger partial charge is 0.299 e. The van der Waals surface area contributed by atoms with Crippen LogP contribution in [0, 0.1) is 5.92 Å². The second-order valence-corrected chi connectivity index (χ2v) is 6.72. The van der Waals surface area contributed by atoms with E-state index in [4.69, 9.17) is 0 Å². The molecular formula is C18H16OS. The maximum atomic E-state index is 12.7. The number of ketones is 1. The highest BCUT2D eigenvalue weighted by molar-refractivity contribution is 7.99. The van der Waals surface area contributed by atoms with Gasteiger partial charge in [-0.05, 0) is 29.5 Å². The molecule has 20 heavy (non-hydrogen) atoms. The quantitative estimate of drug-likeness (QED) is 0.836. The second-order valence-electron chi connectivity index (χ2n) is 5.66. The molecule has 1 nitrogen and oxygen atoms in total. The zero-order valence-corrected chi connectivity index (χ0v) is 12.0. The van der Waals surface area contributed by atoms with Gasteiger partial charge in [-0.1, -0.05) is 48.5 Å². The number of carbonyl (C=O) groups excluding carboxylic acids is 1. The fraction of sp³-hybridized carbons (Fsp3) is 0.278. The van der Waals surface area contributed by atoms with Crippen molar-refractivity contribution in [2.75, 3.05) is 5.75 Å². The molecule has 0 amide bonds. The minimum atomic E-state index is 0.120. The van der Waals surface area contributed by atoms with Gasteiger partial charge >= 0.3 is 0 Å². The van der Waals surface area contributed by atoms with Gasteiger partial charge in [-0.2, -0.15) is 0 Å². The number of carbonyl (C=O) groups is 1. The highest BCUT2D eigenvalue weighted by atomic mass is 32.2. The van der Waals surface area contributed by atoms with E-state index in [0.29, 0.717) is 11.7 Å². The van der Waals surface area contributed by atoms with Gasteiger partial charge in [0.2, 0.25) is 0 Å². The molecule has 0 radical (unpaired) electrons. The molecule has 1 saturated carbocycles. The highest BCUT2D eigenvalue weighted by Crippen LogP contribution is 2.52. The molecule has 0 aromatic heterocycles. The Hall–Kier alpha value is -1.54. The smallest absolute Gasteiger partial charge is 0.144 e. The van der Waals surface area contributed by atoms with Crippen LogP contribution in [0.5, 0.6) is 0 Å². The van der Waals surface area contributed by atoms with Crippen molar-refractivity contribution < 1.29 is 4.79 Å². The van der Waals surface area contributed by atoms with Crippen LogP contribution in [0.4, 0.5) is 0 Å². The van der Waals surface area contributed by atoms with Crippen LogP contribution in [-0.4, -0.2) is 11.5 Å². The van der Waals surface area contributed by atoms with E-state index < -0.39 is 0 Å². The van der Waals surface area contributed by atoms with Gasteiger partial charge in [0.15, 0.2) is 0 Å². The first-order valence-electron chi connectivity index (χ1n) is 7.15. The van der Waals surface area contributed by atoms with Crippen LogP contribution < -0.4 is 0 Å². The number of fused-ring (bicyclic) bond motifs is 1. The van der Waals surface area contributed by atoms with Gasteiger partial charge in [-0.3, -0.25) is 4.79 Å². The molecule has 0 saturated heterocycles. The third kappa shape index (κ3) is 1.99. The van der Waals surface area contributed by atoms with Crippen LogP contribution in [0.3, 0.4) is 0 Å². The lowest BCUT2D eigenvalue weighted by atomic mass is 9.93. The van der Waals surface area contributed by atoms with Crippen LogP contribution in [0.15, 0.2) is 59.5 Å². The first-order valence-corrected chi connectivity index (χ1v) is 8.13. The number of Topliss-reactive ketones (excluding diaryl/α,β-unsaturated/α-hetero) is 1. The lowest BCUT2D eigenvalue weighted by molar-refractivity contribution is -0.121. The standard InChI is InChI=1S/C18H16OS/c19-18(15-10-14(15)12-6-2-1-3-7-12)16-11-20-17-9-5-4-8-13(16)17/h1-9,14-16H,10-11H2. The van der Waals surface area contributed by atoms with E-state index in [9.17, 15) is 4.79 Å². The topological polar surface area (TPSA) is 17.1 Å².